The number of carbonyl (C=O) groups is 1. The van der Waals surface area contributed by atoms with E-state index >= 15 is 0 Å². The molecule has 0 aromatic heterocycles. The van der Waals surface area contributed by atoms with Gasteiger partial charge < -0.3 is 20.1 Å². The Morgan fingerprint density at radius 2 is 2.11 bits per heavy atom. The molecule has 0 spiro atoms. The first-order chi connectivity index (χ1) is 8.52. The molecule has 0 aliphatic heterocycles. The maximum atomic E-state index is 11.0. The number of rotatable bonds is 6. The van der Waals surface area contributed by atoms with Crippen molar-refractivity contribution in [2.45, 2.75) is 18.6 Å². The third-order valence-corrected chi connectivity index (χ3v) is 2.85. The number of carboxylic acids is 1. The Labute approximate surface area is 110 Å². The molecular formula is C12H16O5S. The second-order valence-electron chi connectivity index (χ2n) is 3.76. The van der Waals surface area contributed by atoms with Gasteiger partial charge in [-0.05, 0) is 18.2 Å². The Morgan fingerprint density at radius 1 is 1.44 bits per heavy atom. The fraction of sp³-hybridized carbons (Fsp3) is 0.417. The molecule has 0 saturated heterocycles. The van der Waals surface area contributed by atoms with Crippen LogP contribution in [0.4, 0.5) is 0 Å². The van der Waals surface area contributed by atoms with Crippen LogP contribution in [-0.2, 0) is 0 Å². The van der Waals surface area contributed by atoms with Gasteiger partial charge >= 0.3 is 5.97 Å². The van der Waals surface area contributed by atoms with E-state index < -0.39 is 18.2 Å². The number of thiol groups is 1. The average molecular weight is 272 g/mol. The molecule has 1 aromatic rings. The summed E-state index contributed by atoms with van der Waals surface area (Å²) in [5, 5.41) is 28.7. The van der Waals surface area contributed by atoms with Crippen molar-refractivity contribution >= 4 is 18.6 Å². The lowest BCUT2D eigenvalue weighted by Crippen LogP contribution is -2.20. The summed E-state index contributed by atoms with van der Waals surface area (Å²) in [5.41, 5.74) is 0.207. The Balaban J connectivity index is 3.15. The van der Waals surface area contributed by atoms with E-state index in [1.807, 2.05) is 0 Å². The van der Waals surface area contributed by atoms with Crippen LogP contribution in [0.15, 0.2) is 18.2 Å². The molecular weight excluding hydrogens is 256 g/mol. The number of aromatic carboxylic acids is 1. The Bertz CT molecular complexity index is 421. The highest BCUT2D eigenvalue weighted by atomic mass is 32.1. The van der Waals surface area contributed by atoms with Crippen molar-refractivity contribution in [3.63, 3.8) is 0 Å². The van der Waals surface area contributed by atoms with Crippen molar-refractivity contribution in [1.82, 2.24) is 0 Å². The first-order valence-corrected chi connectivity index (χ1v) is 6.03. The Hall–Kier alpha value is -1.24. The van der Waals surface area contributed by atoms with Crippen LogP contribution in [0.3, 0.4) is 0 Å². The SMILES string of the molecule is COc1c(C(=O)O)cccc1C(O)C(O)CCS. The van der Waals surface area contributed by atoms with E-state index in [-0.39, 0.29) is 16.9 Å². The van der Waals surface area contributed by atoms with Crippen LogP contribution in [0.5, 0.6) is 5.75 Å². The molecule has 3 N–H and O–H groups in total. The third-order valence-electron chi connectivity index (χ3n) is 2.59. The molecule has 18 heavy (non-hydrogen) atoms. The molecule has 0 heterocycles. The highest BCUT2D eigenvalue weighted by Gasteiger charge is 2.24. The van der Waals surface area contributed by atoms with Crippen molar-refractivity contribution in [2.75, 3.05) is 12.9 Å². The van der Waals surface area contributed by atoms with E-state index in [1.54, 1.807) is 0 Å². The highest BCUT2D eigenvalue weighted by Crippen LogP contribution is 2.31. The second kappa shape index (κ2) is 6.63. The largest absolute Gasteiger partial charge is 0.495 e. The van der Waals surface area contributed by atoms with Gasteiger partial charge in [0.25, 0.3) is 0 Å². The van der Waals surface area contributed by atoms with Crippen LogP contribution >= 0.6 is 12.6 Å². The van der Waals surface area contributed by atoms with E-state index in [4.69, 9.17) is 9.84 Å². The summed E-state index contributed by atoms with van der Waals surface area (Å²) in [4.78, 5) is 11.0. The standard InChI is InChI=1S/C12H16O5S/c1-17-11-7(10(14)9(13)5-6-18)3-2-4-8(11)12(15)16/h2-4,9-10,13-14,18H,5-6H2,1H3,(H,15,16). The summed E-state index contributed by atoms with van der Waals surface area (Å²) < 4.78 is 5.02. The summed E-state index contributed by atoms with van der Waals surface area (Å²) in [6.45, 7) is 0. The van der Waals surface area contributed by atoms with Crippen molar-refractivity contribution in [1.29, 1.82) is 0 Å². The van der Waals surface area contributed by atoms with Crippen molar-refractivity contribution in [3.8, 4) is 5.75 Å². The quantitative estimate of drug-likeness (QED) is 0.583. The number of aliphatic hydroxyl groups excluding tert-OH is 2. The number of hydrogen-bond acceptors (Lipinski definition) is 5. The van der Waals surface area contributed by atoms with Gasteiger partial charge in [0.05, 0.1) is 13.2 Å². The molecule has 2 unspecified atom stereocenters. The van der Waals surface area contributed by atoms with E-state index in [0.717, 1.165) is 0 Å². The number of ether oxygens (including phenoxy) is 1. The minimum Gasteiger partial charge on any atom is -0.495 e. The molecule has 6 heteroatoms. The Morgan fingerprint density at radius 3 is 2.61 bits per heavy atom. The molecule has 0 saturated carbocycles. The van der Waals surface area contributed by atoms with Gasteiger partial charge in [-0.3, -0.25) is 0 Å². The van der Waals surface area contributed by atoms with Gasteiger partial charge in [0.1, 0.15) is 17.4 Å². The average Bonchev–Trinajstić information content (AvgIpc) is 2.36. The van der Waals surface area contributed by atoms with Crippen LogP contribution < -0.4 is 4.74 Å². The maximum Gasteiger partial charge on any atom is 0.339 e. The van der Waals surface area contributed by atoms with Crippen LogP contribution in [0, 0.1) is 0 Å². The summed E-state index contributed by atoms with van der Waals surface area (Å²) in [6.07, 6.45) is -1.92. The molecule has 0 amide bonds. The van der Waals surface area contributed by atoms with E-state index in [2.05, 4.69) is 12.6 Å². The van der Waals surface area contributed by atoms with Crippen molar-refractivity contribution in [2.24, 2.45) is 0 Å². The monoisotopic (exact) mass is 272 g/mol. The van der Waals surface area contributed by atoms with Crippen LogP contribution in [-0.4, -0.2) is 40.3 Å². The number of hydrogen-bond donors (Lipinski definition) is 4. The van der Waals surface area contributed by atoms with Gasteiger partial charge in [0.2, 0.25) is 0 Å². The summed E-state index contributed by atoms with van der Waals surface area (Å²) in [7, 11) is 1.32. The van der Waals surface area contributed by atoms with E-state index in [1.165, 1.54) is 25.3 Å². The first-order valence-electron chi connectivity index (χ1n) is 5.40. The minimum absolute atomic E-state index is 0.0490. The van der Waals surface area contributed by atoms with Crippen LogP contribution in [0.2, 0.25) is 0 Å². The number of methoxy groups -OCH3 is 1. The molecule has 1 rings (SSSR count). The van der Waals surface area contributed by atoms with Gasteiger partial charge in [-0.2, -0.15) is 12.6 Å². The van der Waals surface area contributed by atoms with Gasteiger partial charge in [-0.25, -0.2) is 4.79 Å². The topological polar surface area (TPSA) is 87.0 Å². The van der Waals surface area contributed by atoms with Gasteiger partial charge in [0, 0.05) is 5.56 Å². The molecule has 2 atom stereocenters. The zero-order valence-corrected chi connectivity index (χ0v) is 10.8. The summed E-state index contributed by atoms with van der Waals surface area (Å²) in [5.74, 6) is -0.667. The van der Waals surface area contributed by atoms with E-state index in [9.17, 15) is 15.0 Å². The zero-order chi connectivity index (χ0) is 13.7. The fourth-order valence-electron chi connectivity index (χ4n) is 1.68. The van der Waals surface area contributed by atoms with Crippen LogP contribution in [0.1, 0.15) is 28.4 Å². The molecule has 100 valence electrons. The molecule has 0 aliphatic rings. The maximum absolute atomic E-state index is 11.0. The number of aliphatic hydroxyl groups is 2. The second-order valence-corrected chi connectivity index (χ2v) is 4.20. The van der Waals surface area contributed by atoms with Crippen molar-refractivity contribution in [3.05, 3.63) is 29.3 Å². The molecule has 1 aromatic carbocycles. The molecule has 0 bridgehead atoms. The highest BCUT2D eigenvalue weighted by molar-refractivity contribution is 7.80. The van der Waals surface area contributed by atoms with Gasteiger partial charge in [-0.1, -0.05) is 12.1 Å². The number of carboxylic acid groups (broad SMARTS) is 1. The lowest BCUT2D eigenvalue weighted by atomic mass is 9.99. The fourth-order valence-corrected chi connectivity index (χ4v) is 1.95. The predicted molar refractivity (Wildman–Crippen MR) is 69.4 cm³/mol. The number of para-hydroxylation sites is 1. The smallest absolute Gasteiger partial charge is 0.339 e. The Kier molecular flexibility index (Phi) is 5.46. The van der Waals surface area contributed by atoms with Crippen molar-refractivity contribution < 1.29 is 24.9 Å². The normalized spacial score (nSPS) is 14.0. The first kappa shape index (κ1) is 14.8. The van der Waals surface area contributed by atoms with Crippen LogP contribution in [0.25, 0.3) is 0 Å². The summed E-state index contributed by atoms with van der Waals surface area (Å²) >= 11 is 3.97. The molecule has 0 fully saturated rings. The molecule has 5 nitrogen and oxygen atoms in total. The van der Waals surface area contributed by atoms with E-state index in [0.29, 0.717) is 12.2 Å². The minimum atomic E-state index is -1.20. The molecule has 0 aliphatic carbocycles. The number of benzene rings is 1. The lowest BCUT2D eigenvalue weighted by molar-refractivity contribution is 0.0157. The zero-order valence-electron chi connectivity index (χ0n) is 9.91. The summed E-state index contributed by atoms with van der Waals surface area (Å²) in [6, 6.07) is 4.40. The van der Waals surface area contributed by atoms with Gasteiger partial charge in [0.15, 0.2) is 0 Å². The third kappa shape index (κ3) is 3.16. The van der Waals surface area contributed by atoms with Gasteiger partial charge in [-0.15, -0.1) is 0 Å². The predicted octanol–water partition coefficient (Wildman–Crippen LogP) is 1.11. The molecule has 0 radical (unpaired) electrons. The lowest BCUT2D eigenvalue weighted by Gasteiger charge is -2.20.